The Morgan fingerprint density at radius 3 is 2.55 bits per heavy atom. The van der Waals surface area contributed by atoms with E-state index in [1.54, 1.807) is 0 Å². The minimum absolute atomic E-state index is 0.100. The molecular weight excluding hydrogens is 434 g/mol. The van der Waals surface area contributed by atoms with E-state index in [0.29, 0.717) is 11.0 Å². The first-order valence-electron chi connectivity index (χ1n) is 10.7. The topological polar surface area (TPSA) is 95.1 Å². The van der Waals surface area contributed by atoms with E-state index in [1.807, 2.05) is 63.2 Å². The summed E-state index contributed by atoms with van der Waals surface area (Å²) < 4.78 is 7.29. The van der Waals surface area contributed by atoms with Crippen LogP contribution in [0, 0.1) is 13.8 Å². The summed E-state index contributed by atoms with van der Waals surface area (Å²) >= 11 is 1.24. The Hall–Kier alpha value is -3.52. The summed E-state index contributed by atoms with van der Waals surface area (Å²) in [4.78, 5) is 12.6. The molecule has 4 aromatic rings. The number of nitrogens with zero attached hydrogens (tertiary/aromatic N) is 3. The second-order valence-electron chi connectivity index (χ2n) is 7.92. The molecule has 170 valence electrons. The van der Waals surface area contributed by atoms with Crippen LogP contribution in [-0.2, 0) is 11.4 Å². The summed E-state index contributed by atoms with van der Waals surface area (Å²) in [5.41, 5.74) is 3.17. The van der Waals surface area contributed by atoms with Gasteiger partial charge in [-0.25, -0.2) is 4.68 Å². The Morgan fingerprint density at radius 1 is 1.06 bits per heavy atom. The van der Waals surface area contributed by atoms with Gasteiger partial charge in [-0.05, 0) is 48.2 Å². The fourth-order valence-electron chi connectivity index (χ4n) is 3.79. The Balaban J connectivity index is 1.34. The van der Waals surface area contributed by atoms with E-state index in [1.165, 1.54) is 16.4 Å². The average Bonchev–Trinajstić information content (AvgIpc) is 3.16. The van der Waals surface area contributed by atoms with E-state index in [-0.39, 0.29) is 24.3 Å². The van der Waals surface area contributed by atoms with Crippen molar-refractivity contribution in [2.75, 3.05) is 11.6 Å². The van der Waals surface area contributed by atoms with Crippen LogP contribution in [0.25, 0.3) is 10.8 Å². The highest BCUT2D eigenvalue weighted by Gasteiger charge is 2.16. The number of nitrogens with one attached hydrogen (secondary N) is 1. The van der Waals surface area contributed by atoms with Crippen molar-refractivity contribution < 1.29 is 9.53 Å². The second kappa shape index (κ2) is 9.95. The maximum atomic E-state index is 12.6. The van der Waals surface area contributed by atoms with E-state index in [4.69, 9.17) is 10.6 Å². The first kappa shape index (κ1) is 22.7. The number of nitrogens with two attached hydrogens (primary N) is 1. The molecule has 33 heavy (non-hydrogen) atoms. The van der Waals surface area contributed by atoms with E-state index < -0.39 is 0 Å². The molecule has 0 saturated carbocycles. The SMILES string of the molecule is Cc1cccc(C)c1OCc1nnc(SCC(=O)NC(C)c2cccc3ccccc23)n1N. The van der Waals surface area contributed by atoms with Crippen LogP contribution in [0.1, 0.15) is 35.5 Å². The fraction of sp³-hybridized carbons (Fsp3) is 0.240. The molecule has 0 spiro atoms. The lowest BCUT2D eigenvalue weighted by atomic mass is 10.00. The van der Waals surface area contributed by atoms with Gasteiger partial charge in [0.25, 0.3) is 0 Å². The van der Waals surface area contributed by atoms with Crippen LogP contribution in [0.5, 0.6) is 5.75 Å². The molecule has 3 N–H and O–H groups in total. The summed E-state index contributed by atoms with van der Waals surface area (Å²) in [5.74, 6) is 7.53. The van der Waals surface area contributed by atoms with Crippen molar-refractivity contribution in [1.82, 2.24) is 20.2 Å². The Morgan fingerprint density at radius 2 is 1.76 bits per heavy atom. The van der Waals surface area contributed by atoms with Gasteiger partial charge in [0.2, 0.25) is 11.1 Å². The normalized spacial score (nSPS) is 12.0. The summed E-state index contributed by atoms with van der Waals surface area (Å²) in [7, 11) is 0. The lowest BCUT2D eigenvalue weighted by molar-refractivity contribution is -0.119. The van der Waals surface area contributed by atoms with E-state index in [0.717, 1.165) is 33.2 Å². The van der Waals surface area contributed by atoms with Gasteiger partial charge < -0.3 is 15.9 Å². The van der Waals surface area contributed by atoms with E-state index >= 15 is 0 Å². The maximum Gasteiger partial charge on any atom is 0.230 e. The molecule has 0 aliphatic rings. The number of ether oxygens (including phenoxy) is 1. The van der Waals surface area contributed by atoms with E-state index in [9.17, 15) is 4.79 Å². The Labute approximate surface area is 197 Å². The number of aryl methyl sites for hydroxylation is 2. The fourth-order valence-corrected chi connectivity index (χ4v) is 4.47. The number of rotatable bonds is 8. The number of aromatic nitrogens is 3. The molecule has 1 amide bonds. The number of carbonyl (C=O) groups is 1. The van der Waals surface area contributed by atoms with Crippen molar-refractivity contribution in [3.8, 4) is 5.75 Å². The number of carbonyl (C=O) groups excluding carboxylic acids is 1. The molecule has 4 rings (SSSR count). The van der Waals surface area contributed by atoms with Gasteiger partial charge in [-0.15, -0.1) is 10.2 Å². The van der Waals surface area contributed by atoms with Gasteiger partial charge in [-0.2, -0.15) is 0 Å². The Kier molecular flexibility index (Phi) is 6.84. The van der Waals surface area contributed by atoms with Gasteiger partial charge in [-0.1, -0.05) is 72.4 Å². The number of hydrogen-bond donors (Lipinski definition) is 2. The second-order valence-corrected chi connectivity index (χ2v) is 8.87. The molecular formula is C25H27N5O2S. The highest BCUT2D eigenvalue weighted by Crippen LogP contribution is 2.25. The molecule has 1 aromatic heterocycles. The predicted molar refractivity (Wildman–Crippen MR) is 132 cm³/mol. The van der Waals surface area contributed by atoms with E-state index in [2.05, 4.69) is 33.7 Å². The van der Waals surface area contributed by atoms with Gasteiger partial charge in [0.15, 0.2) is 5.82 Å². The van der Waals surface area contributed by atoms with Crippen molar-refractivity contribution in [2.45, 2.75) is 38.6 Å². The monoisotopic (exact) mass is 461 g/mol. The molecule has 1 heterocycles. The highest BCUT2D eigenvalue weighted by atomic mass is 32.2. The van der Waals surface area contributed by atoms with Gasteiger partial charge in [0, 0.05) is 0 Å². The van der Waals surface area contributed by atoms with Crippen LogP contribution in [-0.4, -0.2) is 26.5 Å². The molecule has 1 unspecified atom stereocenters. The molecule has 0 fully saturated rings. The molecule has 1 atom stereocenters. The summed E-state index contributed by atoms with van der Waals surface area (Å²) in [6.07, 6.45) is 0. The zero-order valence-electron chi connectivity index (χ0n) is 18.9. The maximum absolute atomic E-state index is 12.6. The quantitative estimate of drug-likeness (QED) is 0.300. The van der Waals surface area contributed by atoms with Crippen LogP contribution in [0.4, 0.5) is 0 Å². The largest absolute Gasteiger partial charge is 0.485 e. The molecule has 0 bridgehead atoms. The molecule has 3 aromatic carbocycles. The zero-order valence-corrected chi connectivity index (χ0v) is 19.7. The van der Waals surface area contributed by atoms with Crippen molar-refractivity contribution in [1.29, 1.82) is 0 Å². The molecule has 0 aliphatic heterocycles. The van der Waals surface area contributed by atoms with Crippen molar-refractivity contribution in [2.24, 2.45) is 0 Å². The van der Waals surface area contributed by atoms with Crippen LogP contribution in [0.2, 0.25) is 0 Å². The minimum Gasteiger partial charge on any atom is -0.485 e. The van der Waals surface area contributed by atoms with Crippen LogP contribution < -0.4 is 15.9 Å². The third-order valence-corrected chi connectivity index (χ3v) is 6.43. The summed E-state index contributed by atoms with van der Waals surface area (Å²) in [6, 6.07) is 20.1. The average molecular weight is 462 g/mol. The lowest BCUT2D eigenvalue weighted by Crippen LogP contribution is -2.28. The van der Waals surface area contributed by atoms with Gasteiger partial charge >= 0.3 is 0 Å². The number of nitrogen functional groups attached to an aromatic ring is 1. The van der Waals surface area contributed by atoms with Crippen molar-refractivity contribution in [3.05, 3.63) is 83.2 Å². The Bertz CT molecular complexity index is 1260. The minimum atomic E-state index is -0.124. The molecule has 0 saturated heterocycles. The molecule has 8 heteroatoms. The van der Waals surface area contributed by atoms with Crippen molar-refractivity contribution in [3.63, 3.8) is 0 Å². The summed E-state index contributed by atoms with van der Waals surface area (Å²) in [5, 5.41) is 14.0. The smallest absolute Gasteiger partial charge is 0.230 e. The van der Waals surface area contributed by atoms with Crippen LogP contribution in [0.3, 0.4) is 0 Å². The number of para-hydroxylation sites is 1. The number of fused-ring (bicyclic) bond motifs is 1. The van der Waals surface area contributed by atoms with Crippen LogP contribution in [0.15, 0.2) is 65.8 Å². The molecule has 0 aliphatic carbocycles. The van der Waals surface area contributed by atoms with Crippen LogP contribution >= 0.6 is 11.8 Å². The molecule has 0 radical (unpaired) electrons. The molecule has 7 nitrogen and oxygen atoms in total. The van der Waals surface area contributed by atoms with Gasteiger partial charge in [0.05, 0.1) is 11.8 Å². The first-order chi connectivity index (χ1) is 15.9. The lowest BCUT2D eigenvalue weighted by Gasteiger charge is -2.16. The standard InChI is InChI=1S/C25H27N5O2S/c1-16-8-6-9-17(2)24(16)32-14-22-28-29-25(30(22)26)33-15-23(31)27-18(3)20-13-7-11-19-10-4-5-12-21(19)20/h4-13,18H,14-15,26H2,1-3H3,(H,27,31). The summed E-state index contributed by atoms with van der Waals surface area (Å²) in [6.45, 7) is 6.17. The number of hydrogen-bond acceptors (Lipinski definition) is 6. The third-order valence-electron chi connectivity index (χ3n) is 5.49. The van der Waals surface area contributed by atoms with Gasteiger partial charge in [-0.3, -0.25) is 4.79 Å². The number of thioether (sulfide) groups is 1. The first-order valence-corrected chi connectivity index (χ1v) is 11.7. The van der Waals surface area contributed by atoms with Gasteiger partial charge in [0.1, 0.15) is 12.4 Å². The zero-order chi connectivity index (χ0) is 23.4. The van der Waals surface area contributed by atoms with Crippen molar-refractivity contribution >= 4 is 28.4 Å². The number of benzene rings is 3. The number of amides is 1. The predicted octanol–water partition coefficient (Wildman–Crippen LogP) is 4.31. The highest BCUT2D eigenvalue weighted by molar-refractivity contribution is 7.99. The third kappa shape index (κ3) is 5.12.